The van der Waals surface area contributed by atoms with Gasteiger partial charge in [0.15, 0.2) is 0 Å². The largest absolute Gasteiger partial charge is 0.317 e. The first-order valence-electron chi connectivity index (χ1n) is 6.79. The van der Waals surface area contributed by atoms with Gasteiger partial charge in [0.2, 0.25) is 0 Å². The second-order valence-electron chi connectivity index (χ2n) is 4.76. The lowest BCUT2D eigenvalue weighted by atomic mass is 10.2. The zero-order valence-electron chi connectivity index (χ0n) is 10.5. The Morgan fingerprint density at radius 2 is 2.00 bits per heavy atom. The molecular formula is C14H23N3. The van der Waals surface area contributed by atoms with Crippen molar-refractivity contribution in [1.82, 2.24) is 15.6 Å². The van der Waals surface area contributed by atoms with E-state index in [4.69, 9.17) is 0 Å². The van der Waals surface area contributed by atoms with Gasteiger partial charge < -0.3 is 10.6 Å². The quantitative estimate of drug-likeness (QED) is 0.638. The van der Waals surface area contributed by atoms with E-state index in [-0.39, 0.29) is 0 Å². The monoisotopic (exact) mass is 233 g/mol. The maximum absolute atomic E-state index is 4.31. The van der Waals surface area contributed by atoms with Crippen LogP contribution in [0.1, 0.15) is 31.4 Å². The summed E-state index contributed by atoms with van der Waals surface area (Å²) in [5.41, 5.74) is 1.20. The molecule has 1 aliphatic rings. The molecule has 2 N–H and O–H groups in total. The Morgan fingerprint density at radius 3 is 2.76 bits per heavy atom. The van der Waals surface area contributed by atoms with E-state index in [9.17, 15) is 0 Å². The third-order valence-corrected chi connectivity index (χ3v) is 3.05. The van der Waals surface area contributed by atoms with Crippen LogP contribution in [0.15, 0.2) is 24.4 Å². The molecule has 1 fully saturated rings. The fraction of sp³-hybridized carbons (Fsp3) is 0.643. The summed E-state index contributed by atoms with van der Waals surface area (Å²) in [6, 6.07) is 6.96. The molecule has 17 heavy (non-hydrogen) atoms. The molecule has 0 unspecified atom stereocenters. The highest BCUT2D eigenvalue weighted by molar-refractivity contribution is 5.03. The van der Waals surface area contributed by atoms with E-state index in [0.717, 1.165) is 32.1 Å². The number of hydrogen-bond acceptors (Lipinski definition) is 3. The standard InChI is InChI=1S/C14H23N3/c1-2-11-16-13(5-1)6-3-9-15-10-4-12-17-14-7-8-14/h1-2,5,11,14-15,17H,3-4,6-10,12H2. The van der Waals surface area contributed by atoms with Crippen LogP contribution < -0.4 is 10.6 Å². The summed E-state index contributed by atoms with van der Waals surface area (Å²) in [5.74, 6) is 0. The first-order valence-corrected chi connectivity index (χ1v) is 6.79. The molecule has 0 aliphatic heterocycles. The van der Waals surface area contributed by atoms with Crippen LogP contribution >= 0.6 is 0 Å². The van der Waals surface area contributed by atoms with Crippen molar-refractivity contribution in [3.8, 4) is 0 Å². The third kappa shape index (κ3) is 5.80. The van der Waals surface area contributed by atoms with Crippen molar-refractivity contribution in [3.05, 3.63) is 30.1 Å². The van der Waals surface area contributed by atoms with E-state index in [0.29, 0.717) is 0 Å². The highest BCUT2D eigenvalue weighted by atomic mass is 14.9. The van der Waals surface area contributed by atoms with Crippen molar-refractivity contribution in [3.63, 3.8) is 0 Å². The van der Waals surface area contributed by atoms with Gasteiger partial charge in [-0.3, -0.25) is 4.98 Å². The number of pyridine rings is 1. The zero-order valence-corrected chi connectivity index (χ0v) is 10.5. The van der Waals surface area contributed by atoms with Gasteiger partial charge in [-0.25, -0.2) is 0 Å². The molecule has 1 aliphatic carbocycles. The molecule has 0 amide bonds. The third-order valence-electron chi connectivity index (χ3n) is 3.05. The lowest BCUT2D eigenvalue weighted by Gasteiger charge is -2.05. The summed E-state index contributed by atoms with van der Waals surface area (Å²) >= 11 is 0. The lowest BCUT2D eigenvalue weighted by Crippen LogP contribution is -2.24. The fourth-order valence-electron chi connectivity index (χ4n) is 1.87. The van der Waals surface area contributed by atoms with Crippen LogP contribution in [0.25, 0.3) is 0 Å². The molecule has 1 heterocycles. The average Bonchev–Trinajstić information content (AvgIpc) is 3.18. The van der Waals surface area contributed by atoms with Crippen LogP contribution in [0.3, 0.4) is 0 Å². The number of aryl methyl sites for hydroxylation is 1. The summed E-state index contributed by atoms with van der Waals surface area (Å²) in [6.07, 6.45) is 8.13. The molecule has 0 spiro atoms. The molecule has 2 rings (SSSR count). The summed E-state index contributed by atoms with van der Waals surface area (Å²) in [4.78, 5) is 4.31. The molecule has 1 saturated carbocycles. The van der Waals surface area contributed by atoms with Crippen LogP contribution in [-0.4, -0.2) is 30.7 Å². The van der Waals surface area contributed by atoms with Crippen molar-refractivity contribution in [1.29, 1.82) is 0 Å². The Morgan fingerprint density at radius 1 is 1.12 bits per heavy atom. The fourth-order valence-corrected chi connectivity index (χ4v) is 1.87. The maximum atomic E-state index is 4.31. The summed E-state index contributed by atoms with van der Waals surface area (Å²) < 4.78 is 0. The minimum Gasteiger partial charge on any atom is -0.317 e. The second kappa shape index (κ2) is 7.41. The number of aromatic nitrogens is 1. The summed E-state index contributed by atoms with van der Waals surface area (Å²) in [5, 5.41) is 7.01. The second-order valence-corrected chi connectivity index (χ2v) is 4.76. The Bertz CT molecular complexity index is 296. The van der Waals surface area contributed by atoms with Crippen LogP contribution in [0.2, 0.25) is 0 Å². The van der Waals surface area contributed by atoms with E-state index < -0.39 is 0 Å². The molecule has 3 nitrogen and oxygen atoms in total. The number of nitrogens with one attached hydrogen (secondary N) is 2. The van der Waals surface area contributed by atoms with E-state index in [2.05, 4.69) is 27.8 Å². The van der Waals surface area contributed by atoms with E-state index >= 15 is 0 Å². The van der Waals surface area contributed by atoms with Gasteiger partial charge in [0.25, 0.3) is 0 Å². The molecule has 1 aromatic heterocycles. The van der Waals surface area contributed by atoms with Crippen LogP contribution in [0.5, 0.6) is 0 Å². The molecule has 0 bridgehead atoms. The molecule has 0 radical (unpaired) electrons. The Balaban J connectivity index is 1.38. The highest BCUT2D eigenvalue weighted by Crippen LogP contribution is 2.18. The van der Waals surface area contributed by atoms with Crippen molar-refractivity contribution in [2.45, 2.75) is 38.1 Å². The van der Waals surface area contributed by atoms with Gasteiger partial charge in [-0.2, -0.15) is 0 Å². The average molecular weight is 233 g/mol. The Kier molecular flexibility index (Phi) is 5.46. The number of hydrogen-bond donors (Lipinski definition) is 2. The molecule has 94 valence electrons. The minimum absolute atomic E-state index is 0.846. The van der Waals surface area contributed by atoms with Gasteiger partial charge in [-0.05, 0) is 63.9 Å². The molecular weight excluding hydrogens is 210 g/mol. The van der Waals surface area contributed by atoms with Crippen molar-refractivity contribution in [2.75, 3.05) is 19.6 Å². The zero-order chi connectivity index (χ0) is 11.8. The van der Waals surface area contributed by atoms with Gasteiger partial charge in [-0.15, -0.1) is 0 Å². The summed E-state index contributed by atoms with van der Waals surface area (Å²) in [6.45, 7) is 3.39. The van der Waals surface area contributed by atoms with Gasteiger partial charge in [0.05, 0.1) is 0 Å². The number of nitrogens with zero attached hydrogens (tertiary/aromatic N) is 1. The van der Waals surface area contributed by atoms with Crippen molar-refractivity contribution < 1.29 is 0 Å². The molecule has 0 aromatic carbocycles. The minimum atomic E-state index is 0.846. The number of rotatable bonds is 9. The SMILES string of the molecule is c1ccc(CCCNCCCNC2CC2)nc1. The first kappa shape index (κ1) is 12.5. The smallest absolute Gasteiger partial charge is 0.0404 e. The van der Waals surface area contributed by atoms with Crippen LogP contribution in [-0.2, 0) is 6.42 Å². The molecule has 0 atom stereocenters. The lowest BCUT2D eigenvalue weighted by molar-refractivity contribution is 0.581. The highest BCUT2D eigenvalue weighted by Gasteiger charge is 2.19. The Labute approximate surface area is 104 Å². The van der Waals surface area contributed by atoms with E-state index in [1.807, 2.05) is 12.3 Å². The maximum Gasteiger partial charge on any atom is 0.0404 e. The predicted molar refractivity (Wildman–Crippen MR) is 71.1 cm³/mol. The van der Waals surface area contributed by atoms with E-state index in [1.54, 1.807) is 0 Å². The molecule has 1 aromatic rings. The van der Waals surface area contributed by atoms with Crippen molar-refractivity contribution >= 4 is 0 Å². The predicted octanol–water partition coefficient (Wildman–Crippen LogP) is 1.75. The Hall–Kier alpha value is -0.930. The molecule has 0 saturated heterocycles. The van der Waals surface area contributed by atoms with E-state index in [1.165, 1.54) is 31.4 Å². The van der Waals surface area contributed by atoms with Crippen LogP contribution in [0, 0.1) is 0 Å². The van der Waals surface area contributed by atoms with Crippen molar-refractivity contribution in [2.24, 2.45) is 0 Å². The topological polar surface area (TPSA) is 37.0 Å². The normalized spacial score (nSPS) is 15.1. The van der Waals surface area contributed by atoms with Gasteiger partial charge in [-0.1, -0.05) is 6.07 Å². The first-order chi connectivity index (χ1) is 8.45. The van der Waals surface area contributed by atoms with Crippen LogP contribution in [0.4, 0.5) is 0 Å². The van der Waals surface area contributed by atoms with Gasteiger partial charge in [0, 0.05) is 17.9 Å². The molecule has 3 heteroatoms. The van der Waals surface area contributed by atoms with Gasteiger partial charge >= 0.3 is 0 Å². The summed E-state index contributed by atoms with van der Waals surface area (Å²) in [7, 11) is 0. The van der Waals surface area contributed by atoms with Gasteiger partial charge in [0.1, 0.15) is 0 Å².